The number of hydrogen-bond acceptors (Lipinski definition) is 3. The molecule has 0 amide bonds. The van der Waals surface area contributed by atoms with Crippen LogP contribution in [0.2, 0.25) is 5.02 Å². The summed E-state index contributed by atoms with van der Waals surface area (Å²) in [6.07, 6.45) is 0. The van der Waals surface area contributed by atoms with Gasteiger partial charge in [-0.3, -0.25) is 0 Å². The highest BCUT2D eigenvalue weighted by atomic mass is 35.5. The number of aromatic carboxylic acids is 1. The monoisotopic (exact) mass is 239 g/mol. The topological polar surface area (TPSA) is 53.3 Å². The first kappa shape index (κ1) is 10.7. The van der Waals surface area contributed by atoms with Crippen molar-refractivity contribution in [3.63, 3.8) is 0 Å². The van der Waals surface area contributed by atoms with Gasteiger partial charge >= 0.3 is 0 Å². The summed E-state index contributed by atoms with van der Waals surface area (Å²) in [5.41, 5.74) is 0.499. The third-order valence-corrected chi connectivity index (χ3v) is 2.30. The van der Waals surface area contributed by atoms with Gasteiger partial charge in [0.15, 0.2) is 0 Å². The fourth-order valence-corrected chi connectivity index (χ4v) is 1.43. The molecule has 2 aromatic rings. The maximum atomic E-state index is 12.9. The summed E-state index contributed by atoms with van der Waals surface area (Å²) >= 11 is 5.59. The van der Waals surface area contributed by atoms with E-state index in [1.807, 2.05) is 0 Å². The summed E-state index contributed by atoms with van der Waals surface area (Å²) in [6.45, 7) is 0. The van der Waals surface area contributed by atoms with Crippen molar-refractivity contribution in [1.29, 1.82) is 0 Å². The molecule has 0 spiro atoms. The zero-order chi connectivity index (χ0) is 11.7. The van der Waals surface area contributed by atoms with Crippen LogP contribution in [0.4, 0.5) is 4.39 Å². The summed E-state index contributed by atoms with van der Waals surface area (Å²) in [4.78, 5) is 10.5. The normalized spacial score (nSPS) is 10.4. The molecule has 0 radical (unpaired) electrons. The molecule has 1 heterocycles. The first-order valence-electron chi connectivity index (χ1n) is 4.34. The summed E-state index contributed by atoms with van der Waals surface area (Å²) < 4.78 is 17.9. The summed E-state index contributed by atoms with van der Waals surface area (Å²) in [5, 5.41) is 10.4. The largest absolute Gasteiger partial charge is 0.542 e. The van der Waals surface area contributed by atoms with Gasteiger partial charge in [0.1, 0.15) is 23.3 Å². The molecule has 0 saturated carbocycles. The van der Waals surface area contributed by atoms with Gasteiger partial charge in [-0.2, -0.15) is 0 Å². The van der Waals surface area contributed by atoms with Crippen molar-refractivity contribution in [2.24, 2.45) is 0 Å². The van der Waals surface area contributed by atoms with Crippen LogP contribution in [0, 0.1) is 5.82 Å². The van der Waals surface area contributed by atoms with Gasteiger partial charge in [-0.25, -0.2) is 4.39 Å². The average molecular weight is 240 g/mol. The number of benzene rings is 1. The van der Waals surface area contributed by atoms with E-state index >= 15 is 0 Å². The molecular formula is C11H5ClFO3-. The van der Waals surface area contributed by atoms with Crippen LogP contribution in [0.3, 0.4) is 0 Å². The number of carboxylic acid groups (broad SMARTS) is 1. The number of carboxylic acids is 1. The number of rotatable bonds is 2. The predicted molar refractivity (Wildman–Crippen MR) is 53.4 cm³/mol. The first-order chi connectivity index (χ1) is 7.58. The number of furan rings is 1. The van der Waals surface area contributed by atoms with Crippen LogP contribution in [0.5, 0.6) is 0 Å². The van der Waals surface area contributed by atoms with E-state index in [0.29, 0.717) is 11.3 Å². The highest BCUT2D eigenvalue weighted by Crippen LogP contribution is 2.26. The second-order valence-electron chi connectivity index (χ2n) is 3.08. The van der Waals surface area contributed by atoms with Crippen LogP contribution < -0.4 is 5.11 Å². The van der Waals surface area contributed by atoms with Gasteiger partial charge in [-0.1, -0.05) is 11.6 Å². The van der Waals surface area contributed by atoms with Crippen LogP contribution in [-0.4, -0.2) is 5.97 Å². The van der Waals surface area contributed by atoms with Gasteiger partial charge in [-0.15, -0.1) is 0 Å². The molecule has 0 bridgehead atoms. The minimum absolute atomic E-state index is 0.0519. The smallest absolute Gasteiger partial charge is 0.150 e. The van der Waals surface area contributed by atoms with E-state index in [4.69, 9.17) is 16.0 Å². The summed E-state index contributed by atoms with van der Waals surface area (Å²) in [5.74, 6) is -1.94. The first-order valence-corrected chi connectivity index (χ1v) is 4.72. The van der Waals surface area contributed by atoms with Gasteiger partial charge in [0, 0.05) is 5.56 Å². The lowest BCUT2D eigenvalue weighted by Crippen LogP contribution is -2.21. The predicted octanol–water partition coefficient (Wildman–Crippen LogP) is 2.10. The second-order valence-corrected chi connectivity index (χ2v) is 3.49. The van der Waals surface area contributed by atoms with Gasteiger partial charge in [-0.05, 0) is 30.3 Å². The van der Waals surface area contributed by atoms with Gasteiger partial charge in [0.25, 0.3) is 0 Å². The number of halogens is 2. The number of hydrogen-bond donors (Lipinski definition) is 0. The van der Waals surface area contributed by atoms with Crippen molar-refractivity contribution in [2.75, 3.05) is 0 Å². The minimum atomic E-state index is -1.40. The summed E-state index contributed by atoms with van der Waals surface area (Å²) in [7, 11) is 0. The van der Waals surface area contributed by atoms with Crippen LogP contribution in [0.15, 0.2) is 34.7 Å². The number of carbonyl (C=O) groups excluding carboxylic acids is 1. The van der Waals surface area contributed by atoms with E-state index in [1.54, 1.807) is 0 Å². The zero-order valence-electron chi connectivity index (χ0n) is 7.87. The Morgan fingerprint density at radius 2 is 2.06 bits per heavy atom. The molecular weight excluding hydrogens is 235 g/mol. The van der Waals surface area contributed by atoms with E-state index in [1.165, 1.54) is 30.3 Å². The molecule has 0 fully saturated rings. The third kappa shape index (κ3) is 1.92. The molecule has 16 heavy (non-hydrogen) atoms. The van der Waals surface area contributed by atoms with E-state index in [-0.39, 0.29) is 10.8 Å². The van der Waals surface area contributed by atoms with Crippen molar-refractivity contribution in [3.05, 3.63) is 46.9 Å². The van der Waals surface area contributed by atoms with Gasteiger partial charge in [0.2, 0.25) is 0 Å². The Morgan fingerprint density at radius 3 is 2.62 bits per heavy atom. The SMILES string of the molecule is O=C([O-])c1ccc(-c2ccc(F)c(Cl)c2)o1. The molecule has 0 saturated heterocycles. The van der Waals surface area contributed by atoms with E-state index in [2.05, 4.69) is 0 Å². The molecule has 1 aromatic heterocycles. The van der Waals surface area contributed by atoms with Crippen LogP contribution >= 0.6 is 11.6 Å². The Hall–Kier alpha value is -1.81. The lowest BCUT2D eigenvalue weighted by atomic mass is 10.2. The highest BCUT2D eigenvalue weighted by Gasteiger charge is 2.07. The van der Waals surface area contributed by atoms with E-state index < -0.39 is 11.8 Å². The fourth-order valence-electron chi connectivity index (χ4n) is 1.25. The van der Waals surface area contributed by atoms with Gasteiger partial charge in [0.05, 0.1) is 5.02 Å². The molecule has 0 N–H and O–H groups in total. The number of carbonyl (C=O) groups is 1. The van der Waals surface area contributed by atoms with Crippen molar-refractivity contribution >= 4 is 17.6 Å². The Balaban J connectivity index is 2.42. The van der Waals surface area contributed by atoms with Crippen LogP contribution in [0.1, 0.15) is 10.6 Å². The van der Waals surface area contributed by atoms with E-state index in [9.17, 15) is 14.3 Å². The molecule has 0 atom stereocenters. The standard InChI is InChI=1S/C11H6ClFO3/c12-7-5-6(1-2-8(7)13)9-3-4-10(16-9)11(14)15/h1-5H,(H,14,15)/p-1. The van der Waals surface area contributed by atoms with Crippen molar-refractivity contribution in [2.45, 2.75) is 0 Å². The highest BCUT2D eigenvalue weighted by molar-refractivity contribution is 6.31. The molecule has 2 rings (SSSR count). The van der Waals surface area contributed by atoms with Crippen molar-refractivity contribution < 1.29 is 18.7 Å². The zero-order valence-corrected chi connectivity index (χ0v) is 8.62. The Morgan fingerprint density at radius 1 is 1.31 bits per heavy atom. The molecule has 1 aromatic carbocycles. The second kappa shape index (κ2) is 3.98. The molecule has 3 nitrogen and oxygen atoms in total. The van der Waals surface area contributed by atoms with Crippen LogP contribution in [-0.2, 0) is 0 Å². The lowest BCUT2D eigenvalue weighted by Gasteiger charge is -1.99. The molecule has 0 unspecified atom stereocenters. The van der Waals surface area contributed by atoms with Crippen molar-refractivity contribution in [1.82, 2.24) is 0 Å². The average Bonchev–Trinajstić information content (AvgIpc) is 2.71. The fraction of sp³-hybridized carbons (Fsp3) is 0. The Bertz CT molecular complexity index is 548. The Kier molecular flexibility index (Phi) is 2.66. The lowest BCUT2D eigenvalue weighted by molar-refractivity contribution is -0.257. The summed E-state index contributed by atoms with van der Waals surface area (Å²) in [6, 6.07) is 6.70. The quantitative estimate of drug-likeness (QED) is 0.806. The molecule has 0 aliphatic rings. The maximum Gasteiger partial charge on any atom is 0.150 e. The molecule has 82 valence electrons. The maximum absolute atomic E-state index is 12.9. The minimum Gasteiger partial charge on any atom is -0.542 e. The molecule has 0 aliphatic heterocycles. The van der Waals surface area contributed by atoms with E-state index in [0.717, 1.165) is 0 Å². The van der Waals surface area contributed by atoms with Crippen molar-refractivity contribution in [3.8, 4) is 11.3 Å². The Labute approximate surface area is 95.1 Å². The molecule has 0 aliphatic carbocycles. The van der Waals surface area contributed by atoms with Crippen LogP contribution in [0.25, 0.3) is 11.3 Å². The molecule has 5 heteroatoms. The van der Waals surface area contributed by atoms with Gasteiger partial charge < -0.3 is 14.3 Å². The third-order valence-electron chi connectivity index (χ3n) is 2.01.